The maximum atomic E-state index is 9.30. The minimum Gasteiger partial charge on any atom is -0.297 e. The third-order valence-electron chi connectivity index (χ3n) is 4.46. The van der Waals surface area contributed by atoms with E-state index in [1.807, 2.05) is 0 Å². The lowest BCUT2D eigenvalue weighted by Gasteiger charge is -2.42. The molecule has 0 heterocycles. The second-order valence-electron chi connectivity index (χ2n) is 5.72. The van der Waals surface area contributed by atoms with Crippen LogP contribution in [0.25, 0.3) is 0 Å². The van der Waals surface area contributed by atoms with E-state index in [9.17, 15) is 5.26 Å². The number of hydrogen-bond acceptors (Lipinski definition) is 2. The van der Waals surface area contributed by atoms with Crippen LogP contribution < -0.4 is 0 Å². The van der Waals surface area contributed by atoms with Crippen molar-refractivity contribution in [3.63, 3.8) is 0 Å². The van der Waals surface area contributed by atoms with E-state index in [-0.39, 0.29) is 11.5 Å². The van der Waals surface area contributed by atoms with Crippen molar-refractivity contribution < 1.29 is 0 Å². The Labute approximate surface area is 101 Å². The van der Waals surface area contributed by atoms with Gasteiger partial charge >= 0.3 is 0 Å². The highest BCUT2D eigenvalue weighted by molar-refractivity contribution is 4.97. The molecule has 0 aliphatic heterocycles. The van der Waals surface area contributed by atoms with Gasteiger partial charge in [-0.05, 0) is 40.2 Å². The SMILES string of the molecule is CCC(C)(C)N(C)C1CCCCCC1C#N. The molecule has 0 aromatic heterocycles. The van der Waals surface area contributed by atoms with Crippen LogP contribution in [-0.2, 0) is 0 Å². The third kappa shape index (κ3) is 2.98. The van der Waals surface area contributed by atoms with Gasteiger partial charge in [0, 0.05) is 11.6 Å². The summed E-state index contributed by atoms with van der Waals surface area (Å²) in [5, 5.41) is 9.30. The molecule has 0 bridgehead atoms. The smallest absolute Gasteiger partial charge is 0.0672 e. The van der Waals surface area contributed by atoms with E-state index in [2.05, 4.69) is 38.8 Å². The largest absolute Gasteiger partial charge is 0.297 e. The van der Waals surface area contributed by atoms with Crippen LogP contribution in [0.15, 0.2) is 0 Å². The summed E-state index contributed by atoms with van der Waals surface area (Å²) in [7, 11) is 2.20. The Balaban J connectivity index is 2.78. The molecule has 0 radical (unpaired) electrons. The van der Waals surface area contributed by atoms with Crippen molar-refractivity contribution in [1.82, 2.24) is 4.90 Å². The Hall–Kier alpha value is -0.550. The lowest BCUT2D eigenvalue weighted by atomic mass is 9.89. The highest BCUT2D eigenvalue weighted by Crippen LogP contribution is 2.31. The summed E-state index contributed by atoms with van der Waals surface area (Å²) in [4.78, 5) is 2.45. The van der Waals surface area contributed by atoms with Crippen molar-refractivity contribution in [3.05, 3.63) is 0 Å². The van der Waals surface area contributed by atoms with Crippen molar-refractivity contribution in [2.45, 2.75) is 70.9 Å². The Morgan fingerprint density at radius 2 is 1.88 bits per heavy atom. The number of nitrogens with zero attached hydrogens (tertiary/aromatic N) is 2. The van der Waals surface area contributed by atoms with Crippen molar-refractivity contribution in [2.75, 3.05) is 7.05 Å². The van der Waals surface area contributed by atoms with Crippen molar-refractivity contribution in [2.24, 2.45) is 5.92 Å². The van der Waals surface area contributed by atoms with E-state index in [1.54, 1.807) is 0 Å². The van der Waals surface area contributed by atoms with Crippen molar-refractivity contribution in [3.8, 4) is 6.07 Å². The molecule has 0 aromatic carbocycles. The van der Waals surface area contributed by atoms with E-state index in [4.69, 9.17) is 0 Å². The van der Waals surface area contributed by atoms with E-state index in [0.29, 0.717) is 6.04 Å². The van der Waals surface area contributed by atoms with Crippen LogP contribution in [0.2, 0.25) is 0 Å². The molecule has 2 atom stereocenters. The molecule has 0 saturated heterocycles. The van der Waals surface area contributed by atoms with Gasteiger partial charge in [-0.3, -0.25) is 4.90 Å². The highest BCUT2D eigenvalue weighted by Gasteiger charge is 2.33. The van der Waals surface area contributed by atoms with Crippen LogP contribution in [0.5, 0.6) is 0 Å². The molecule has 1 aliphatic carbocycles. The summed E-state index contributed by atoms with van der Waals surface area (Å²) >= 11 is 0. The second-order valence-corrected chi connectivity index (χ2v) is 5.72. The molecule has 2 unspecified atom stereocenters. The molecule has 1 aliphatic rings. The Morgan fingerprint density at radius 1 is 1.25 bits per heavy atom. The summed E-state index contributed by atoms with van der Waals surface area (Å²) in [6.45, 7) is 6.80. The van der Waals surface area contributed by atoms with E-state index in [0.717, 1.165) is 12.8 Å². The van der Waals surface area contributed by atoms with Crippen LogP contribution in [0.4, 0.5) is 0 Å². The fourth-order valence-electron chi connectivity index (χ4n) is 2.60. The van der Waals surface area contributed by atoms with Crippen LogP contribution in [0.1, 0.15) is 59.3 Å². The zero-order valence-electron chi connectivity index (χ0n) is 11.3. The average molecular weight is 222 g/mol. The second kappa shape index (κ2) is 5.68. The van der Waals surface area contributed by atoms with E-state index < -0.39 is 0 Å². The molecule has 2 heteroatoms. The molecule has 0 N–H and O–H groups in total. The quantitative estimate of drug-likeness (QED) is 0.682. The van der Waals surface area contributed by atoms with Gasteiger partial charge in [-0.25, -0.2) is 0 Å². The molecular formula is C14H26N2. The molecule has 1 rings (SSSR count). The average Bonchev–Trinajstić information content (AvgIpc) is 2.52. The Bertz CT molecular complexity index is 252. The molecule has 92 valence electrons. The van der Waals surface area contributed by atoms with Crippen LogP contribution >= 0.6 is 0 Å². The molecule has 2 nitrogen and oxygen atoms in total. The van der Waals surface area contributed by atoms with Gasteiger partial charge in [0.25, 0.3) is 0 Å². The van der Waals surface area contributed by atoms with Gasteiger partial charge < -0.3 is 0 Å². The summed E-state index contributed by atoms with van der Waals surface area (Å²) in [5.74, 6) is 0.235. The third-order valence-corrected chi connectivity index (χ3v) is 4.46. The first-order valence-electron chi connectivity index (χ1n) is 6.65. The first-order chi connectivity index (χ1) is 7.53. The molecule has 1 saturated carbocycles. The van der Waals surface area contributed by atoms with Gasteiger partial charge in [0.2, 0.25) is 0 Å². The van der Waals surface area contributed by atoms with Gasteiger partial charge in [-0.1, -0.05) is 26.2 Å². The molecule has 0 aromatic rings. The maximum absolute atomic E-state index is 9.30. The van der Waals surface area contributed by atoms with Gasteiger partial charge in [0.15, 0.2) is 0 Å². The molecule has 1 fully saturated rings. The van der Waals surface area contributed by atoms with Gasteiger partial charge in [-0.15, -0.1) is 0 Å². The van der Waals surface area contributed by atoms with Gasteiger partial charge in [0.1, 0.15) is 0 Å². The lowest BCUT2D eigenvalue weighted by Crippen LogP contribution is -2.49. The van der Waals surface area contributed by atoms with Crippen LogP contribution in [-0.4, -0.2) is 23.5 Å². The van der Waals surface area contributed by atoms with Crippen molar-refractivity contribution in [1.29, 1.82) is 5.26 Å². The first-order valence-corrected chi connectivity index (χ1v) is 6.65. The number of nitriles is 1. The van der Waals surface area contributed by atoms with Gasteiger partial charge in [-0.2, -0.15) is 5.26 Å². The van der Waals surface area contributed by atoms with Crippen LogP contribution in [0.3, 0.4) is 0 Å². The molecule has 0 amide bonds. The van der Waals surface area contributed by atoms with Crippen molar-refractivity contribution >= 4 is 0 Å². The normalized spacial score (nSPS) is 27.5. The maximum Gasteiger partial charge on any atom is 0.0672 e. The first kappa shape index (κ1) is 13.5. The summed E-state index contributed by atoms with van der Waals surface area (Å²) in [6, 6.07) is 2.99. The van der Waals surface area contributed by atoms with Crippen LogP contribution in [0, 0.1) is 17.2 Å². The number of hydrogen-bond donors (Lipinski definition) is 0. The summed E-state index contributed by atoms with van der Waals surface area (Å²) < 4.78 is 0. The zero-order chi connectivity index (χ0) is 12.2. The standard InChI is InChI=1S/C14H26N2/c1-5-14(2,3)16(4)13-10-8-6-7-9-12(13)11-15/h12-13H,5-10H2,1-4H3. The predicted octanol–water partition coefficient (Wildman–Crippen LogP) is 3.58. The number of rotatable bonds is 3. The minimum atomic E-state index is 0.212. The minimum absolute atomic E-state index is 0.212. The van der Waals surface area contributed by atoms with E-state index >= 15 is 0 Å². The van der Waals surface area contributed by atoms with Gasteiger partial charge in [0.05, 0.1) is 12.0 Å². The highest BCUT2D eigenvalue weighted by atomic mass is 15.2. The fourth-order valence-corrected chi connectivity index (χ4v) is 2.60. The predicted molar refractivity (Wildman–Crippen MR) is 68.1 cm³/mol. The molecular weight excluding hydrogens is 196 g/mol. The molecule has 16 heavy (non-hydrogen) atoms. The summed E-state index contributed by atoms with van der Waals surface area (Å²) in [5.41, 5.74) is 0.212. The Kier molecular flexibility index (Phi) is 4.80. The Morgan fingerprint density at radius 3 is 2.44 bits per heavy atom. The monoisotopic (exact) mass is 222 g/mol. The zero-order valence-corrected chi connectivity index (χ0v) is 11.3. The lowest BCUT2D eigenvalue weighted by molar-refractivity contribution is 0.0716. The molecule has 0 spiro atoms. The summed E-state index contributed by atoms with van der Waals surface area (Å²) in [6.07, 6.45) is 7.23. The fraction of sp³-hybridized carbons (Fsp3) is 0.929. The topological polar surface area (TPSA) is 27.0 Å². The van der Waals surface area contributed by atoms with E-state index in [1.165, 1.54) is 25.7 Å².